The highest BCUT2D eigenvalue weighted by Crippen LogP contribution is 2.16. The van der Waals surface area contributed by atoms with E-state index in [0.717, 1.165) is 0 Å². The van der Waals surface area contributed by atoms with Crippen LogP contribution in [0.25, 0.3) is 0 Å². The van der Waals surface area contributed by atoms with Crippen LogP contribution in [-0.2, 0) is 22.6 Å². The van der Waals surface area contributed by atoms with E-state index in [2.05, 4.69) is 10.3 Å². The molecule has 6 nitrogen and oxygen atoms in total. The van der Waals surface area contributed by atoms with Crippen molar-refractivity contribution < 1.29 is 19.4 Å². The largest absolute Gasteiger partial charge is 0.478 e. The van der Waals surface area contributed by atoms with E-state index < -0.39 is 18.0 Å². The minimum Gasteiger partial charge on any atom is -0.478 e. The maximum Gasteiger partial charge on any atom is 0.335 e. The Morgan fingerprint density at radius 2 is 1.88 bits per heavy atom. The first-order chi connectivity index (χ1) is 11.9. The lowest BCUT2D eigenvalue weighted by atomic mass is 10.0. The smallest absolute Gasteiger partial charge is 0.335 e. The predicted octanol–water partition coefficient (Wildman–Crippen LogP) is 2.96. The fraction of sp³-hybridized carbons (Fsp3) is 0.235. The van der Waals surface area contributed by atoms with Gasteiger partial charge in [0.2, 0.25) is 0 Å². The molecule has 1 heterocycles. The van der Waals surface area contributed by atoms with Crippen molar-refractivity contribution in [3.8, 4) is 0 Å². The van der Waals surface area contributed by atoms with E-state index in [1.165, 1.54) is 12.1 Å². The number of hydrogen-bond donors (Lipinski definition) is 2. The Hall–Kier alpha value is -2.15. The van der Waals surface area contributed by atoms with E-state index in [1.54, 1.807) is 31.3 Å². The second kappa shape index (κ2) is 8.80. The monoisotopic (exact) mass is 382 g/mol. The van der Waals surface area contributed by atoms with Gasteiger partial charge in [-0.15, -0.1) is 0 Å². The van der Waals surface area contributed by atoms with Gasteiger partial charge in [0.05, 0.1) is 5.56 Å². The molecule has 1 atom stereocenters. The van der Waals surface area contributed by atoms with Crippen molar-refractivity contribution in [2.24, 2.45) is 0 Å². The molecule has 0 radical (unpaired) electrons. The maximum atomic E-state index is 12.3. The second-order valence-corrected chi connectivity index (χ2v) is 6.05. The first kappa shape index (κ1) is 19.2. The Kier molecular flexibility index (Phi) is 6.75. The summed E-state index contributed by atoms with van der Waals surface area (Å²) in [5.41, 5.74) is 1.51. The van der Waals surface area contributed by atoms with Crippen molar-refractivity contribution in [2.45, 2.75) is 19.1 Å². The molecule has 0 fully saturated rings. The van der Waals surface area contributed by atoms with Crippen LogP contribution in [0.4, 0.5) is 0 Å². The average molecular weight is 383 g/mol. The lowest BCUT2D eigenvalue weighted by Crippen LogP contribution is -2.37. The number of hydrogen-bond acceptors (Lipinski definition) is 5. The highest BCUT2D eigenvalue weighted by molar-refractivity contribution is 6.32. The summed E-state index contributed by atoms with van der Waals surface area (Å²) in [4.78, 5) is 27.1. The molecule has 2 aromatic rings. The summed E-state index contributed by atoms with van der Waals surface area (Å²) in [6, 6.07) is 8.93. The molecule has 0 bridgehead atoms. The lowest BCUT2D eigenvalue weighted by Gasteiger charge is -2.16. The number of rotatable bonds is 7. The number of carboxylic acids is 1. The fourth-order valence-electron chi connectivity index (χ4n) is 2.22. The summed E-state index contributed by atoms with van der Waals surface area (Å²) in [6.07, 6.45) is 0.300. The van der Waals surface area contributed by atoms with Crippen LogP contribution >= 0.6 is 23.2 Å². The molecule has 1 aromatic heterocycles. The van der Waals surface area contributed by atoms with Gasteiger partial charge in [-0.1, -0.05) is 35.3 Å². The van der Waals surface area contributed by atoms with Gasteiger partial charge in [0.1, 0.15) is 23.0 Å². The van der Waals surface area contributed by atoms with E-state index >= 15 is 0 Å². The summed E-state index contributed by atoms with van der Waals surface area (Å²) in [6.45, 7) is 0.00807. The Labute approximate surface area is 154 Å². The van der Waals surface area contributed by atoms with E-state index in [-0.39, 0.29) is 22.5 Å². The molecule has 0 unspecified atom stereocenters. The Bertz CT molecular complexity index is 763. The molecule has 0 saturated carbocycles. The molecular weight excluding hydrogens is 367 g/mol. The normalized spacial score (nSPS) is 11.8. The van der Waals surface area contributed by atoms with Crippen LogP contribution in [0.2, 0.25) is 10.3 Å². The zero-order chi connectivity index (χ0) is 18.4. The molecule has 2 N–H and O–H groups in total. The third kappa shape index (κ3) is 5.70. The number of aromatic carboxylic acids is 1. The Balaban J connectivity index is 2.00. The molecule has 8 heteroatoms. The number of halogens is 2. The highest BCUT2D eigenvalue weighted by atomic mass is 35.5. The van der Waals surface area contributed by atoms with E-state index in [0.29, 0.717) is 17.5 Å². The molecule has 0 saturated heterocycles. The summed E-state index contributed by atoms with van der Waals surface area (Å²) in [7, 11) is 1.63. The minimum atomic E-state index is -1.02. The van der Waals surface area contributed by atoms with E-state index in [4.69, 9.17) is 33.0 Å². The number of benzene rings is 1. The topological polar surface area (TPSA) is 88.5 Å². The molecule has 0 aliphatic rings. The standard InChI is InChI=1S/C17H16Cl2N2O4/c1-20-13(6-10-3-2-4-12(5-10)16(22)23)17(24)25-9-11-7-14(18)21-15(19)8-11/h2-5,7-8,13,20H,6,9H2,1H3,(H,22,23)/t13-/m0/s1. The van der Waals surface area contributed by atoms with Crippen LogP contribution in [0.3, 0.4) is 0 Å². The number of carbonyl (C=O) groups is 2. The third-order valence-electron chi connectivity index (χ3n) is 3.45. The third-order valence-corrected chi connectivity index (χ3v) is 3.84. The quantitative estimate of drug-likeness (QED) is 0.565. The van der Waals surface area contributed by atoms with E-state index in [1.807, 2.05) is 0 Å². The van der Waals surface area contributed by atoms with Crippen molar-refractivity contribution in [2.75, 3.05) is 7.05 Å². The first-order valence-electron chi connectivity index (χ1n) is 7.37. The molecule has 25 heavy (non-hydrogen) atoms. The molecule has 132 valence electrons. The molecule has 1 aromatic carbocycles. The highest BCUT2D eigenvalue weighted by Gasteiger charge is 2.19. The van der Waals surface area contributed by atoms with Gasteiger partial charge in [-0.25, -0.2) is 9.78 Å². The zero-order valence-electron chi connectivity index (χ0n) is 13.3. The number of likely N-dealkylation sites (N-methyl/N-ethyl adjacent to an activating group) is 1. The molecule has 0 aliphatic heterocycles. The van der Waals surface area contributed by atoms with Gasteiger partial charge in [-0.2, -0.15) is 0 Å². The van der Waals surface area contributed by atoms with Crippen LogP contribution in [-0.4, -0.2) is 35.1 Å². The minimum absolute atomic E-state index is 0.00807. The van der Waals surface area contributed by atoms with Crippen molar-refractivity contribution in [3.63, 3.8) is 0 Å². The Morgan fingerprint density at radius 3 is 2.48 bits per heavy atom. The summed E-state index contributed by atoms with van der Waals surface area (Å²) in [5, 5.41) is 12.3. The average Bonchev–Trinajstić information content (AvgIpc) is 2.57. The van der Waals surface area contributed by atoms with Crippen molar-refractivity contribution >= 4 is 35.1 Å². The number of nitrogens with one attached hydrogen (secondary N) is 1. The number of carboxylic acid groups (broad SMARTS) is 1. The zero-order valence-corrected chi connectivity index (χ0v) is 14.8. The van der Waals surface area contributed by atoms with Gasteiger partial charge in [-0.3, -0.25) is 4.79 Å². The van der Waals surface area contributed by atoms with Gasteiger partial charge in [0.15, 0.2) is 0 Å². The van der Waals surface area contributed by atoms with Crippen LogP contribution in [0, 0.1) is 0 Å². The number of ether oxygens (including phenoxy) is 1. The van der Waals surface area contributed by atoms with Crippen LogP contribution < -0.4 is 5.32 Å². The number of nitrogens with zero attached hydrogens (tertiary/aromatic N) is 1. The summed E-state index contributed by atoms with van der Waals surface area (Å²) in [5.74, 6) is -1.48. The SMILES string of the molecule is CN[C@@H](Cc1cccc(C(=O)O)c1)C(=O)OCc1cc(Cl)nc(Cl)c1. The molecule has 0 spiro atoms. The number of aromatic nitrogens is 1. The Morgan fingerprint density at radius 1 is 1.20 bits per heavy atom. The van der Waals surface area contributed by atoms with Crippen molar-refractivity contribution in [1.82, 2.24) is 10.3 Å². The molecule has 2 rings (SSSR count). The van der Waals surface area contributed by atoms with Gasteiger partial charge in [0, 0.05) is 0 Å². The van der Waals surface area contributed by atoms with Gasteiger partial charge in [0.25, 0.3) is 0 Å². The number of carbonyl (C=O) groups excluding carboxylic acids is 1. The summed E-state index contributed by atoms with van der Waals surface area (Å²) < 4.78 is 5.28. The predicted molar refractivity (Wildman–Crippen MR) is 94.0 cm³/mol. The van der Waals surface area contributed by atoms with Gasteiger partial charge in [-0.05, 0) is 48.9 Å². The number of esters is 1. The first-order valence-corrected chi connectivity index (χ1v) is 8.12. The second-order valence-electron chi connectivity index (χ2n) is 5.28. The molecule has 0 amide bonds. The van der Waals surface area contributed by atoms with Crippen LogP contribution in [0.1, 0.15) is 21.5 Å². The van der Waals surface area contributed by atoms with Gasteiger partial charge < -0.3 is 15.2 Å². The van der Waals surface area contributed by atoms with E-state index in [9.17, 15) is 9.59 Å². The molecule has 0 aliphatic carbocycles. The van der Waals surface area contributed by atoms with Crippen molar-refractivity contribution in [1.29, 1.82) is 0 Å². The van der Waals surface area contributed by atoms with Crippen LogP contribution in [0.15, 0.2) is 36.4 Å². The fourth-order valence-corrected chi connectivity index (χ4v) is 2.73. The maximum absolute atomic E-state index is 12.3. The lowest BCUT2D eigenvalue weighted by molar-refractivity contribution is -0.147. The summed E-state index contributed by atoms with van der Waals surface area (Å²) >= 11 is 11.6. The molecular formula is C17H16Cl2N2O4. The van der Waals surface area contributed by atoms with Crippen LogP contribution in [0.5, 0.6) is 0 Å². The van der Waals surface area contributed by atoms with Gasteiger partial charge >= 0.3 is 11.9 Å². The number of pyridine rings is 1. The van der Waals surface area contributed by atoms with Crippen molar-refractivity contribution in [3.05, 3.63) is 63.4 Å².